The van der Waals surface area contributed by atoms with Crippen molar-refractivity contribution in [2.45, 2.75) is 44.5 Å². The maximum atomic E-state index is 12.4. The van der Waals surface area contributed by atoms with Crippen molar-refractivity contribution in [1.82, 2.24) is 0 Å². The number of allylic oxidation sites excluding steroid dienone is 1. The fraction of sp³-hybridized carbons (Fsp3) is 0.500. The van der Waals surface area contributed by atoms with E-state index in [1.54, 1.807) is 6.08 Å². The first-order chi connectivity index (χ1) is 12.8. The van der Waals surface area contributed by atoms with Gasteiger partial charge in [-0.2, -0.15) is 0 Å². The summed E-state index contributed by atoms with van der Waals surface area (Å²) in [6.07, 6.45) is 1.87. The molecule has 0 bridgehead atoms. The molecule has 148 valence electrons. The van der Waals surface area contributed by atoms with E-state index >= 15 is 0 Å². The quantitative estimate of drug-likeness (QED) is 0.379. The third-order valence-electron chi connectivity index (χ3n) is 4.89. The van der Waals surface area contributed by atoms with Crippen molar-refractivity contribution in [2.75, 3.05) is 13.2 Å². The predicted octanol–water partition coefficient (Wildman–Crippen LogP) is 0.954. The molecule has 0 aromatic heterocycles. The van der Waals surface area contributed by atoms with Gasteiger partial charge < -0.3 is 24.8 Å². The van der Waals surface area contributed by atoms with Gasteiger partial charge in [0.2, 0.25) is 0 Å². The van der Waals surface area contributed by atoms with Gasteiger partial charge in [-0.1, -0.05) is 18.7 Å². The van der Waals surface area contributed by atoms with Gasteiger partial charge in [-0.05, 0) is 37.5 Å². The van der Waals surface area contributed by atoms with Crippen molar-refractivity contribution >= 4 is 11.9 Å². The van der Waals surface area contributed by atoms with Crippen LogP contribution in [0, 0.1) is 5.92 Å². The molecule has 0 radical (unpaired) electrons. The van der Waals surface area contributed by atoms with Crippen LogP contribution in [-0.4, -0.2) is 58.8 Å². The SMILES string of the molecule is C=C1CC(OC(=O)C(=CCO)CO)C2C(=C)C(=O)OC2C=C(C)CCC1O. The Bertz CT molecular complexity index is 688. The third kappa shape index (κ3) is 4.94. The summed E-state index contributed by atoms with van der Waals surface area (Å²) in [4.78, 5) is 24.5. The van der Waals surface area contributed by atoms with Crippen LogP contribution in [0.4, 0.5) is 0 Å². The highest BCUT2D eigenvalue weighted by Crippen LogP contribution is 2.37. The average molecular weight is 378 g/mol. The molecular formula is C20H26O7. The van der Waals surface area contributed by atoms with E-state index < -0.39 is 49.4 Å². The number of carbonyl (C=O) groups excluding carboxylic acids is 2. The van der Waals surface area contributed by atoms with Crippen molar-refractivity contribution < 1.29 is 34.4 Å². The predicted molar refractivity (Wildman–Crippen MR) is 97.4 cm³/mol. The first-order valence-corrected chi connectivity index (χ1v) is 8.83. The van der Waals surface area contributed by atoms with Gasteiger partial charge >= 0.3 is 11.9 Å². The van der Waals surface area contributed by atoms with Crippen LogP contribution in [0.5, 0.6) is 0 Å². The van der Waals surface area contributed by atoms with Gasteiger partial charge in [0.25, 0.3) is 0 Å². The highest BCUT2D eigenvalue weighted by molar-refractivity contribution is 5.92. The summed E-state index contributed by atoms with van der Waals surface area (Å²) in [6, 6.07) is 0. The molecule has 4 unspecified atom stereocenters. The number of aliphatic hydroxyl groups excluding tert-OH is 3. The van der Waals surface area contributed by atoms with Gasteiger partial charge in [-0.3, -0.25) is 0 Å². The number of ether oxygens (including phenoxy) is 2. The molecular weight excluding hydrogens is 352 g/mol. The molecule has 1 aliphatic heterocycles. The molecule has 0 spiro atoms. The lowest BCUT2D eigenvalue weighted by molar-refractivity contribution is -0.147. The summed E-state index contributed by atoms with van der Waals surface area (Å²) in [7, 11) is 0. The van der Waals surface area contributed by atoms with E-state index in [9.17, 15) is 19.8 Å². The van der Waals surface area contributed by atoms with Crippen molar-refractivity contribution in [3.05, 3.63) is 47.6 Å². The van der Waals surface area contributed by atoms with Crippen LogP contribution in [0.2, 0.25) is 0 Å². The van der Waals surface area contributed by atoms with E-state index in [0.29, 0.717) is 18.4 Å². The molecule has 7 heteroatoms. The minimum atomic E-state index is -0.862. The molecule has 2 aliphatic rings. The Kier molecular flexibility index (Phi) is 7.12. The largest absolute Gasteiger partial charge is 0.458 e. The molecule has 2 rings (SSSR count). The van der Waals surface area contributed by atoms with Gasteiger partial charge in [0.05, 0.1) is 30.8 Å². The standard InChI is InChI=1S/C20H26O7/c1-11-4-5-15(23)12(2)9-17(27-20(25)14(10-22)6-7-21)18-13(3)19(24)26-16(18)8-11/h6,8,15-18,21-23H,2-5,7,9-10H2,1H3. The zero-order valence-corrected chi connectivity index (χ0v) is 15.4. The van der Waals surface area contributed by atoms with E-state index in [4.69, 9.17) is 14.6 Å². The van der Waals surface area contributed by atoms with Gasteiger partial charge in [0, 0.05) is 12.0 Å². The molecule has 7 nitrogen and oxygen atoms in total. The summed E-state index contributed by atoms with van der Waals surface area (Å²) in [6.45, 7) is 8.52. The van der Waals surface area contributed by atoms with Crippen LogP contribution in [0.25, 0.3) is 0 Å². The Morgan fingerprint density at radius 1 is 1.41 bits per heavy atom. The Hall–Kier alpha value is -2.22. The molecule has 27 heavy (non-hydrogen) atoms. The lowest BCUT2D eigenvalue weighted by atomic mass is 9.84. The minimum Gasteiger partial charge on any atom is -0.458 e. The number of hydrogen-bond donors (Lipinski definition) is 3. The van der Waals surface area contributed by atoms with Gasteiger partial charge in [-0.25, -0.2) is 9.59 Å². The Morgan fingerprint density at radius 3 is 2.74 bits per heavy atom. The number of aliphatic hydroxyl groups is 3. The van der Waals surface area contributed by atoms with Crippen LogP contribution in [0.3, 0.4) is 0 Å². The van der Waals surface area contributed by atoms with E-state index in [1.165, 1.54) is 0 Å². The molecule has 3 N–H and O–H groups in total. The second-order valence-corrected chi connectivity index (χ2v) is 6.86. The molecule has 0 aromatic carbocycles. The van der Waals surface area contributed by atoms with E-state index in [2.05, 4.69) is 13.2 Å². The molecule has 0 amide bonds. The van der Waals surface area contributed by atoms with Crippen LogP contribution in [-0.2, 0) is 19.1 Å². The highest BCUT2D eigenvalue weighted by Gasteiger charge is 2.45. The monoisotopic (exact) mass is 378 g/mol. The first kappa shape index (κ1) is 21.1. The Morgan fingerprint density at radius 2 is 2.11 bits per heavy atom. The van der Waals surface area contributed by atoms with Gasteiger partial charge in [-0.15, -0.1) is 0 Å². The van der Waals surface area contributed by atoms with E-state index in [-0.39, 0.29) is 17.6 Å². The highest BCUT2D eigenvalue weighted by atomic mass is 16.6. The second kappa shape index (κ2) is 9.12. The maximum Gasteiger partial charge on any atom is 0.336 e. The van der Waals surface area contributed by atoms with Crippen LogP contribution in [0.15, 0.2) is 47.6 Å². The fourth-order valence-electron chi connectivity index (χ4n) is 3.29. The van der Waals surface area contributed by atoms with Crippen molar-refractivity contribution in [3.63, 3.8) is 0 Å². The summed E-state index contributed by atoms with van der Waals surface area (Å²) in [5, 5.41) is 28.6. The normalized spacial score (nSPS) is 29.7. The van der Waals surface area contributed by atoms with E-state index in [1.807, 2.05) is 6.92 Å². The smallest absolute Gasteiger partial charge is 0.336 e. The number of rotatable bonds is 4. The minimum absolute atomic E-state index is 0.0973. The van der Waals surface area contributed by atoms with Crippen molar-refractivity contribution in [2.24, 2.45) is 5.92 Å². The summed E-state index contributed by atoms with van der Waals surface area (Å²) >= 11 is 0. The molecule has 1 saturated heterocycles. The number of carbonyl (C=O) groups is 2. The summed E-state index contributed by atoms with van der Waals surface area (Å²) < 4.78 is 10.9. The van der Waals surface area contributed by atoms with Gasteiger partial charge in [0.15, 0.2) is 0 Å². The first-order valence-electron chi connectivity index (χ1n) is 8.83. The third-order valence-corrected chi connectivity index (χ3v) is 4.89. The Labute approximate surface area is 158 Å². The number of esters is 2. The molecule has 4 atom stereocenters. The summed E-state index contributed by atoms with van der Waals surface area (Å²) in [5.74, 6) is -2.01. The molecule has 0 saturated carbocycles. The zero-order chi connectivity index (χ0) is 20.1. The van der Waals surface area contributed by atoms with Crippen LogP contribution in [0.1, 0.15) is 26.2 Å². The Balaban J connectivity index is 2.39. The molecule has 1 aliphatic carbocycles. The second-order valence-electron chi connectivity index (χ2n) is 6.86. The number of hydrogen-bond acceptors (Lipinski definition) is 7. The van der Waals surface area contributed by atoms with Crippen LogP contribution >= 0.6 is 0 Å². The van der Waals surface area contributed by atoms with E-state index in [0.717, 1.165) is 11.6 Å². The molecule has 1 heterocycles. The average Bonchev–Trinajstić information content (AvgIpc) is 2.89. The topological polar surface area (TPSA) is 113 Å². The van der Waals surface area contributed by atoms with Gasteiger partial charge in [0.1, 0.15) is 12.2 Å². The molecule has 1 fully saturated rings. The fourth-order valence-corrected chi connectivity index (χ4v) is 3.29. The van der Waals surface area contributed by atoms with Crippen molar-refractivity contribution in [3.8, 4) is 0 Å². The lowest BCUT2D eigenvalue weighted by Crippen LogP contribution is -2.35. The lowest BCUT2D eigenvalue weighted by Gasteiger charge is -2.29. The maximum absolute atomic E-state index is 12.4. The molecule has 0 aromatic rings. The number of fused-ring (bicyclic) bond motifs is 1. The van der Waals surface area contributed by atoms with Crippen molar-refractivity contribution in [1.29, 1.82) is 0 Å². The zero-order valence-electron chi connectivity index (χ0n) is 15.4. The summed E-state index contributed by atoms with van der Waals surface area (Å²) in [5.41, 5.74) is 1.49. The van der Waals surface area contributed by atoms with Crippen LogP contribution < -0.4 is 0 Å².